The molecule has 0 saturated heterocycles. The molecule has 108 valence electrons. The smallest absolute Gasteiger partial charge is 0.0615 e. The Kier molecular flexibility index (Phi) is 6.28. The highest BCUT2D eigenvalue weighted by Crippen LogP contribution is 2.23. The predicted octanol–water partition coefficient (Wildman–Crippen LogP) is 1.72. The highest BCUT2D eigenvalue weighted by Gasteiger charge is 2.20. The molecular formula is C15H27N3O. The molecule has 0 aliphatic heterocycles. The second-order valence-electron chi connectivity index (χ2n) is 5.21. The Bertz CT molecular complexity index is 364. The van der Waals surface area contributed by atoms with Crippen molar-refractivity contribution in [2.24, 2.45) is 5.73 Å². The van der Waals surface area contributed by atoms with Crippen LogP contribution in [0.5, 0.6) is 0 Å². The number of likely N-dealkylation sites (N-methyl/N-ethyl adjacent to an activating group) is 1. The normalized spacial score (nSPS) is 14.5. The van der Waals surface area contributed by atoms with Gasteiger partial charge in [-0.1, -0.05) is 12.1 Å². The average molecular weight is 265 g/mol. The lowest BCUT2D eigenvalue weighted by atomic mass is 10.0. The lowest BCUT2D eigenvalue weighted by molar-refractivity contribution is 0.0910. The Morgan fingerprint density at radius 1 is 1.16 bits per heavy atom. The summed E-state index contributed by atoms with van der Waals surface area (Å²) in [5, 5.41) is 0. The second-order valence-corrected chi connectivity index (χ2v) is 5.21. The number of nitrogens with zero attached hydrogens (tertiary/aromatic N) is 2. The van der Waals surface area contributed by atoms with Crippen LogP contribution < -0.4 is 10.6 Å². The van der Waals surface area contributed by atoms with Crippen molar-refractivity contribution in [3.8, 4) is 0 Å². The SMILES string of the molecule is COCC(C)N(C)C(CN)c1ccc(N(C)C)cc1. The summed E-state index contributed by atoms with van der Waals surface area (Å²) < 4.78 is 5.22. The number of ether oxygens (including phenoxy) is 1. The monoisotopic (exact) mass is 265 g/mol. The van der Waals surface area contributed by atoms with Crippen molar-refractivity contribution >= 4 is 5.69 Å². The van der Waals surface area contributed by atoms with E-state index in [-0.39, 0.29) is 6.04 Å². The third kappa shape index (κ3) is 4.20. The fourth-order valence-corrected chi connectivity index (χ4v) is 2.20. The van der Waals surface area contributed by atoms with Crippen LogP contribution in [0.1, 0.15) is 18.5 Å². The summed E-state index contributed by atoms with van der Waals surface area (Å²) in [5.41, 5.74) is 8.39. The fraction of sp³-hybridized carbons (Fsp3) is 0.600. The predicted molar refractivity (Wildman–Crippen MR) is 81.7 cm³/mol. The molecule has 2 atom stereocenters. The number of hydrogen-bond acceptors (Lipinski definition) is 4. The minimum Gasteiger partial charge on any atom is -0.383 e. The summed E-state index contributed by atoms with van der Waals surface area (Å²) in [6.07, 6.45) is 0. The topological polar surface area (TPSA) is 41.7 Å². The molecule has 0 amide bonds. The van der Waals surface area contributed by atoms with Crippen LogP contribution in [0.3, 0.4) is 0 Å². The Hall–Kier alpha value is -1.10. The molecule has 0 aliphatic rings. The standard InChI is InChI=1S/C15H27N3O/c1-12(11-19-5)18(4)15(10-16)13-6-8-14(9-7-13)17(2)3/h6-9,12,15H,10-11,16H2,1-5H3. The number of anilines is 1. The quantitative estimate of drug-likeness (QED) is 0.815. The van der Waals surface area contributed by atoms with Crippen molar-refractivity contribution in [3.63, 3.8) is 0 Å². The summed E-state index contributed by atoms with van der Waals surface area (Å²) in [5.74, 6) is 0. The van der Waals surface area contributed by atoms with E-state index in [2.05, 4.69) is 48.0 Å². The van der Waals surface area contributed by atoms with E-state index in [1.807, 2.05) is 14.1 Å². The zero-order chi connectivity index (χ0) is 14.4. The van der Waals surface area contributed by atoms with E-state index in [1.165, 1.54) is 11.3 Å². The molecular weight excluding hydrogens is 238 g/mol. The van der Waals surface area contributed by atoms with E-state index < -0.39 is 0 Å². The lowest BCUT2D eigenvalue weighted by Gasteiger charge is -2.32. The highest BCUT2D eigenvalue weighted by atomic mass is 16.5. The molecule has 0 heterocycles. The van der Waals surface area contributed by atoms with Gasteiger partial charge in [0.15, 0.2) is 0 Å². The van der Waals surface area contributed by atoms with E-state index in [0.29, 0.717) is 19.2 Å². The van der Waals surface area contributed by atoms with Crippen LogP contribution in [-0.4, -0.2) is 52.3 Å². The molecule has 0 radical (unpaired) electrons. The Morgan fingerprint density at radius 2 is 1.74 bits per heavy atom. The van der Waals surface area contributed by atoms with Gasteiger partial charge in [-0.05, 0) is 31.7 Å². The molecule has 4 nitrogen and oxygen atoms in total. The molecule has 0 bridgehead atoms. The van der Waals surface area contributed by atoms with E-state index in [0.717, 1.165) is 0 Å². The zero-order valence-electron chi connectivity index (χ0n) is 12.8. The van der Waals surface area contributed by atoms with Crippen molar-refractivity contribution in [1.82, 2.24) is 4.90 Å². The molecule has 1 rings (SSSR count). The first-order valence-corrected chi connectivity index (χ1v) is 6.69. The molecule has 0 spiro atoms. The fourth-order valence-electron chi connectivity index (χ4n) is 2.20. The summed E-state index contributed by atoms with van der Waals surface area (Å²) in [7, 11) is 7.92. The van der Waals surface area contributed by atoms with Gasteiger partial charge in [0.05, 0.1) is 6.61 Å². The van der Waals surface area contributed by atoms with Crippen LogP contribution in [0, 0.1) is 0 Å². The van der Waals surface area contributed by atoms with Crippen molar-refractivity contribution in [2.45, 2.75) is 19.0 Å². The van der Waals surface area contributed by atoms with Gasteiger partial charge in [-0.2, -0.15) is 0 Å². The number of hydrogen-bond donors (Lipinski definition) is 1. The number of benzene rings is 1. The van der Waals surface area contributed by atoms with Gasteiger partial charge in [0.2, 0.25) is 0 Å². The molecule has 0 aromatic heterocycles. The molecule has 0 saturated carbocycles. The Morgan fingerprint density at radius 3 is 2.16 bits per heavy atom. The second kappa shape index (κ2) is 7.48. The number of rotatable bonds is 7. The van der Waals surface area contributed by atoms with Crippen molar-refractivity contribution < 1.29 is 4.74 Å². The molecule has 19 heavy (non-hydrogen) atoms. The summed E-state index contributed by atoms with van der Waals surface area (Å²) in [6.45, 7) is 3.47. The van der Waals surface area contributed by atoms with Gasteiger partial charge in [-0.25, -0.2) is 0 Å². The first kappa shape index (κ1) is 16.0. The van der Waals surface area contributed by atoms with E-state index in [1.54, 1.807) is 7.11 Å². The van der Waals surface area contributed by atoms with Gasteiger partial charge >= 0.3 is 0 Å². The van der Waals surface area contributed by atoms with Crippen LogP contribution in [0.4, 0.5) is 5.69 Å². The van der Waals surface area contributed by atoms with E-state index >= 15 is 0 Å². The van der Waals surface area contributed by atoms with Gasteiger partial charge in [0, 0.05) is 45.5 Å². The molecule has 1 aromatic rings. The maximum Gasteiger partial charge on any atom is 0.0615 e. The van der Waals surface area contributed by atoms with E-state index in [4.69, 9.17) is 10.5 Å². The van der Waals surface area contributed by atoms with Gasteiger partial charge in [0.25, 0.3) is 0 Å². The maximum atomic E-state index is 5.94. The minimum atomic E-state index is 0.223. The molecule has 4 heteroatoms. The maximum absolute atomic E-state index is 5.94. The van der Waals surface area contributed by atoms with Crippen molar-refractivity contribution in [1.29, 1.82) is 0 Å². The largest absolute Gasteiger partial charge is 0.383 e. The molecule has 2 N–H and O–H groups in total. The third-order valence-electron chi connectivity index (χ3n) is 3.61. The number of methoxy groups -OCH3 is 1. The molecule has 0 aliphatic carbocycles. The Balaban J connectivity index is 2.84. The van der Waals surface area contributed by atoms with Gasteiger partial charge in [-0.15, -0.1) is 0 Å². The third-order valence-corrected chi connectivity index (χ3v) is 3.61. The molecule has 0 fully saturated rings. The summed E-state index contributed by atoms with van der Waals surface area (Å²) in [4.78, 5) is 4.37. The average Bonchev–Trinajstić information content (AvgIpc) is 2.40. The minimum absolute atomic E-state index is 0.223. The number of nitrogens with two attached hydrogens (primary N) is 1. The molecule has 1 aromatic carbocycles. The Labute approximate surface area is 117 Å². The zero-order valence-corrected chi connectivity index (χ0v) is 12.8. The van der Waals surface area contributed by atoms with Crippen LogP contribution in [-0.2, 0) is 4.74 Å². The van der Waals surface area contributed by atoms with Gasteiger partial charge < -0.3 is 15.4 Å². The van der Waals surface area contributed by atoms with Crippen LogP contribution in [0.2, 0.25) is 0 Å². The van der Waals surface area contributed by atoms with Crippen LogP contribution in [0.25, 0.3) is 0 Å². The van der Waals surface area contributed by atoms with Gasteiger partial charge in [-0.3, -0.25) is 4.90 Å². The first-order valence-electron chi connectivity index (χ1n) is 6.69. The van der Waals surface area contributed by atoms with Crippen LogP contribution >= 0.6 is 0 Å². The van der Waals surface area contributed by atoms with Crippen molar-refractivity contribution in [2.75, 3.05) is 46.3 Å². The van der Waals surface area contributed by atoms with Gasteiger partial charge in [0.1, 0.15) is 0 Å². The molecule has 2 unspecified atom stereocenters. The lowest BCUT2D eigenvalue weighted by Crippen LogP contribution is -2.39. The first-order chi connectivity index (χ1) is 9.01. The summed E-state index contributed by atoms with van der Waals surface area (Å²) in [6, 6.07) is 9.14. The highest BCUT2D eigenvalue weighted by molar-refractivity contribution is 5.46. The van der Waals surface area contributed by atoms with Crippen molar-refractivity contribution in [3.05, 3.63) is 29.8 Å². The van der Waals surface area contributed by atoms with Crippen LogP contribution in [0.15, 0.2) is 24.3 Å². The summed E-state index contributed by atoms with van der Waals surface area (Å²) >= 11 is 0. The van der Waals surface area contributed by atoms with E-state index in [9.17, 15) is 0 Å².